The summed E-state index contributed by atoms with van der Waals surface area (Å²) in [6.07, 6.45) is 1.34. The second kappa shape index (κ2) is 6.19. The van der Waals surface area contributed by atoms with Crippen LogP contribution in [0.2, 0.25) is 0 Å². The number of fused-ring (bicyclic) bond motifs is 1. The Morgan fingerprint density at radius 2 is 2.08 bits per heavy atom. The number of rotatable bonds is 4. The van der Waals surface area contributed by atoms with Crippen molar-refractivity contribution in [3.8, 4) is 17.2 Å². The summed E-state index contributed by atoms with van der Waals surface area (Å²) in [4.78, 5) is 12.5. The highest BCUT2D eigenvalue weighted by molar-refractivity contribution is 5.97. The molecule has 8 nitrogen and oxygen atoms in total. The maximum absolute atomic E-state index is 13.6. The Morgan fingerprint density at radius 3 is 2.92 bits per heavy atom. The van der Waals surface area contributed by atoms with Crippen LogP contribution in [0.5, 0.6) is 11.5 Å². The third kappa shape index (κ3) is 2.99. The summed E-state index contributed by atoms with van der Waals surface area (Å²) in [5, 5.41) is 13.6. The van der Waals surface area contributed by atoms with Crippen LogP contribution < -0.4 is 14.8 Å². The van der Waals surface area contributed by atoms with Crippen molar-refractivity contribution >= 4 is 5.91 Å². The normalized spacial score (nSPS) is 12.2. The summed E-state index contributed by atoms with van der Waals surface area (Å²) in [6.45, 7) is 0.435. The molecule has 2 aromatic carbocycles. The van der Waals surface area contributed by atoms with Gasteiger partial charge in [0.1, 0.15) is 12.1 Å². The van der Waals surface area contributed by atoms with Crippen LogP contribution >= 0.6 is 0 Å². The molecule has 0 aliphatic carbocycles. The Hall–Kier alpha value is -3.49. The second-order valence-corrected chi connectivity index (χ2v) is 5.29. The molecule has 0 radical (unpaired) electrons. The number of ether oxygens (including phenoxy) is 2. The fourth-order valence-corrected chi connectivity index (χ4v) is 2.49. The van der Waals surface area contributed by atoms with Gasteiger partial charge in [-0.1, -0.05) is 6.07 Å². The van der Waals surface area contributed by atoms with E-state index in [1.165, 1.54) is 23.1 Å². The molecule has 25 heavy (non-hydrogen) atoms. The molecule has 1 N–H and O–H groups in total. The zero-order valence-electron chi connectivity index (χ0n) is 12.8. The van der Waals surface area contributed by atoms with E-state index in [-0.39, 0.29) is 18.9 Å². The summed E-state index contributed by atoms with van der Waals surface area (Å²) < 4.78 is 25.4. The van der Waals surface area contributed by atoms with Crippen LogP contribution in [0.3, 0.4) is 0 Å². The van der Waals surface area contributed by atoms with Crippen molar-refractivity contribution in [3.05, 3.63) is 59.7 Å². The van der Waals surface area contributed by atoms with Gasteiger partial charge >= 0.3 is 0 Å². The molecule has 0 fully saturated rings. The SMILES string of the molecule is O=C(NCc1ccc2c(c1)OCO2)c1cc(F)ccc1-n1cnnn1. The lowest BCUT2D eigenvalue weighted by molar-refractivity contribution is 0.0950. The third-order valence-electron chi connectivity index (χ3n) is 3.69. The molecular formula is C16H12FN5O3. The monoisotopic (exact) mass is 341 g/mol. The molecule has 3 aromatic rings. The largest absolute Gasteiger partial charge is 0.454 e. The van der Waals surface area contributed by atoms with Gasteiger partial charge in [-0.25, -0.2) is 4.39 Å². The lowest BCUT2D eigenvalue weighted by Crippen LogP contribution is -2.24. The van der Waals surface area contributed by atoms with Gasteiger partial charge in [0, 0.05) is 6.54 Å². The summed E-state index contributed by atoms with van der Waals surface area (Å²) in [5.74, 6) is 0.334. The van der Waals surface area contributed by atoms with Crippen LogP contribution in [0.25, 0.3) is 5.69 Å². The molecule has 0 atom stereocenters. The van der Waals surface area contributed by atoms with Crippen LogP contribution in [0.4, 0.5) is 4.39 Å². The van der Waals surface area contributed by atoms with E-state index in [9.17, 15) is 9.18 Å². The Morgan fingerprint density at radius 1 is 1.20 bits per heavy atom. The minimum Gasteiger partial charge on any atom is -0.454 e. The molecule has 1 aromatic heterocycles. The maximum atomic E-state index is 13.6. The summed E-state index contributed by atoms with van der Waals surface area (Å²) in [6, 6.07) is 9.22. The van der Waals surface area contributed by atoms with Crippen LogP contribution in [0.1, 0.15) is 15.9 Å². The van der Waals surface area contributed by atoms with Crippen LogP contribution in [-0.2, 0) is 6.54 Å². The van der Waals surface area contributed by atoms with E-state index in [0.29, 0.717) is 17.2 Å². The average Bonchev–Trinajstić information content (AvgIpc) is 3.30. The number of carbonyl (C=O) groups excluding carboxylic acids is 1. The van der Waals surface area contributed by atoms with Gasteiger partial charge in [-0.3, -0.25) is 4.79 Å². The quantitative estimate of drug-likeness (QED) is 0.772. The van der Waals surface area contributed by atoms with Gasteiger partial charge in [-0.15, -0.1) is 5.10 Å². The molecule has 0 unspecified atom stereocenters. The number of tetrazole rings is 1. The smallest absolute Gasteiger partial charge is 0.253 e. The molecule has 0 saturated heterocycles. The van der Waals surface area contributed by atoms with Gasteiger partial charge in [-0.2, -0.15) is 4.68 Å². The third-order valence-corrected chi connectivity index (χ3v) is 3.69. The Bertz CT molecular complexity index is 930. The topological polar surface area (TPSA) is 91.2 Å². The van der Waals surface area contributed by atoms with Gasteiger partial charge in [0.2, 0.25) is 6.79 Å². The highest BCUT2D eigenvalue weighted by atomic mass is 19.1. The van der Waals surface area contributed by atoms with Crippen molar-refractivity contribution in [1.29, 1.82) is 0 Å². The van der Waals surface area contributed by atoms with Crippen LogP contribution in [-0.4, -0.2) is 32.9 Å². The number of benzene rings is 2. The number of carbonyl (C=O) groups is 1. The Balaban J connectivity index is 1.54. The predicted octanol–water partition coefficient (Wildman–Crippen LogP) is 1.46. The molecule has 0 saturated carbocycles. The second-order valence-electron chi connectivity index (χ2n) is 5.29. The number of amides is 1. The fourth-order valence-electron chi connectivity index (χ4n) is 2.49. The summed E-state index contributed by atoms with van der Waals surface area (Å²) >= 11 is 0. The molecule has 4 rings (SSSR count). The van der Waals surface area contributed by atoms with Gasteiger partial charge in [0.25, 0.3) is 5.91 Å². The number of hydrogen-bond donors (Lipinski definition) is 1. The van der Waals surface area contributed by atoms with Crippen molar-refractivity contribution in [1.82, 2.24) is 25.5 Å². The maximum Gasteiger partial charge on any atom is 0.253 e. The number of halogens is 1. The summed E-state index contributed by atoms with van der Waals surface area (Å²) in [7, 11) is 0. The number of hydrogen-bond acceptors (Lipinski definition) is 6. The molecule has 1 aliphatic heterocycles. The molecule has 2 heterocycles. The fraction of sp³-hybridized carbons (Fsp3) is 0.125. The van der Waals surface area contributed by atoms with Gasteiger partial charge in [0.15, 0.2) is 11.5 Å². The van der Waals surface area contributed by atoms with Crippen molar-refractivity contribution in [3.63, 3.8) is 0 Å². The van der Waals surface area contributed by atoms with Crippen molar-refractivity contribution in [2.45, 2.75) is 6.54 Å². The standard InChI is InChI=1S/C16H12FN5O3/c17-11-2-3-13(22-8-19-20-21-22)12(6-11)16(23)18-7-10-1-4-14-15(5-10)25-9-24-14/h1-6,8H,7,9H2,(H,18,23). The first kappa shape index (κ1) is 15.1. The highest BCUT2D eigenvalue weighted by Crippen LogP contribution is 2.32. The zero-order chi connectivity index (χ0) is 17.2. The van der Waals surface area contributed by atoms with Crippen LogP contribution in [0.15, 0.2) is 42.7 Å². The Labute approximate surface area is 141 Å². The van der Waals surface area contributed by atoms with Crippen molar-refractivity contribution in [2.75, 3.05) is 6.79 Å². The zero-order valence-corrected chi connectivity index (χ0v) is 12.8. The number of nitrogens with one attached hydrogen (secondary N) is 1. The summed E-state index contributed by atoms with van der Waals surface area (Å²) in [5.41, 5.74) is 1.35. The van der Waals surface area contributed by atoms with Gasteiger partial charge in [0.05, 0.1) is 11.3 Å². The van der Waals surface area contributed by atoms with Crippen molar-refractivity contribution < 1.29 is 18.7 Å². The molecule has 9 heteroatoms. The minimum absolute atomic E-state index is 0.132. The molecule has 1 aliphatic rings. The molecule has 0 bridgehead atoms. The highest BCUT2D eigenvalue weighted by Gasteiger charge is 2.16. The van der Waals surface area contributed by atoms with E-state index in [2.05, 4.69) is 20.8 Å². The Kier molecular flexibility index (Phi) is 3.73. The van der Waals surface area contributed by atoms with E-state index in [1.54, 1.807) is 12.1 Å². The molecule has 0 spiro atoms. The molecule has 126 valence electrons. The first-order valence-corrected chi connectivity index (χ1v) is 7.40. The van der Waals surface area contributed by atoms with E-state index in [4.69, 9.17) is 9.47 Å². The first-order chi connectivity index (χ1) is 12.2. The number of nitrogens with zero attached hydrogens (tertiary/aromatic N) is 4. The lowest BCUT2D eigenvalue weighted by atomic mass is 10.1. The van der Waals surface area contributed by atoms with E-state index in [0.717, 1.165) is 11.6 Å². The molecular weight excluding hydrogens is 329 g/mol. The predicted molar refractivity (Wildman–Crippen MR) is 82.8 cm³/mol. The first-order valence-electron chi connectivity index (χ1n) is 7.40. The molecule has 1 amide bonds. The van der Waals surface area contributed by atoms with Crippen molar-refractivity contribution in [2.24, 2.45) is 0 Å². The lowest BCUT2D eigenvalue weighted by Gasteiger charge is -2.10. The van der Waals surface area contributed by atoms with Gasteiger partial charge in [-0.05, 0) is 46.3 Å². The van der Waals surface area contributed by atoms with Crippen LogP contribution in [0, 0.1) is 5.82 Å². The van der Waals surface area contributed by atoms with E-state index in [1.807, 2.05) is 6.07 Å². The van der Waals surface area contributed by atoms with E-state index < -0.39 is 11.7 Å². The van der Waals surface area contributed by atoms with E-state index >= 15 is 0 Å². The average molecular weight is 341 g/mol. The minimum atomic E-state index is -0.523. The number of aromatic nitrogens is 4. The van der Waals surface area contributed by atoms with Gasteiger partial charge < -0.3 is 14.8 Å².